The first-order valence-electron chi connectivity index (χ1n) is 2.36. The molecule has 0 aliphatic carbocycles. The summed E-state index contributed by atoms with van der Waals surface area (Å²) in [5.41, 5.74) is 0. The van der Waals surface area contributed by atoms with Crippen molar-refractivity contribution in [1.82, 2.24) is 0 Å². The van der Waals surface area contributed by atoms with E-state index in [2.05, 4.69) is 14.5 Å². The van der Waals surface area contributed by atoms with E-state index in [9.17, 15) is 8.78 Å². The molecule has 5 heteroatoms. The van der Waals surface area contributed by atoms with Crippen molar-refractivity contribution in [3.05, 3.63) is 0 Å². The van der Waals surface area contributed by atoms with Gasteiger partial charge in [-0.25, -0.2) is 4.89 Å². The minimum absolute atomic E-state index is 0.0545. The second kappa shape index (κ2) is 3.71. The lowest BCUT2D eigenvalue weighted by Crippen LogP contribution is -2.22. The van der Waals surface area contributed by atoms with Crippen LogP contribution < -0.4 is 0 Å². The van der Waals surface area contributed by atoms with Crippen molar-refractivity contribution in [3.63, 3.8) is 0 Å². The van der Waals surface area contributed by atoms with E-state index >= 15 is 0 Å². The Morgan fingerprint density at radius 2 is 2.00 bits per heavy atom. The topological polar surface area (TPSA) is 27.7 Å². The van der Waals surface area contributed by atoms with Crippen LogP contribution in [0.2, 0.25) is 0 Å². The molecule has 0 aromatic rings. The average Bonchev–Trinajstić information content (AvgIpc) is 1.84. The third-order valence-electron chi connectivity index (χ3n) is 0.511. The van der Waals surface area contributed by atoms with Gasteiger partial charge in [-0.1, -0.05) is 0 Å². The fourth-order valence-corrected chi connectivity index (χ4v) is 0.162. The van der Waals surface area contributed by atoms with Gasteiger partial charge in [0.1, 0.15) is 0 Å². The molecule has 56 valence electrons. The van der Waals surface area contributed by atoms with Crippen LogP contribution in [0.25, 0.3) is 0 Å². The molecule has 0 N–H and O–H groups in total. The third-order valence-corrected chi connectivity index (χ3v) is 0.511. The van der Waals surface area contributed by atoms with Gasteiger partial charge in [0.25, 0.3) is 0 Å². The van der Waals surface area contributed by atoms with Crippen LogP contribution in [-0.4, -0.2) is 20.0 Å². The predicted molar refractivity (Wildman–Crippen MR) is 24.7 cm³/mol. The van der Waals surface area contributed by atoms with Gasteiger partial charge in [-0.05, 0) is 6.92 Å². The predicted octanol–water partition coefficient (Wildman–Crippen LogP) is 1.15. The molecule has 0 bridgehead atoms. The Labute approximate surface area is 51.4 Å². The van der Waals surface area contributed by atoms with Gasteiger partial charge in [0.2, 0.25) is 0 Å². The van der Waals surface area contributed by atoms with Gasteiger partial charge in [0.15, 0.2) is 0 Å². The number of rotatable bonds is 4. The highest BCUT2D eigenvalue weighted by Gasteiger charge is 2.31. The number of ether oxygens (including phenoxy) is 1. The van der Waals surface area contributed by atoms with Gasteiger partial charge < -0.3 is 0 Å². The normalized spacial score (nSPS) is 12.0. The molecule has 0 heterocycles. The first kappa shape index (κ1) is 8.74. The highest BCUT2D eigenvalue weighted by molar-refractivity contribution is 4.19. The molecule has 0 aliphatic rings. The summed E-state index contributed by atoms with van der Waals surface area (Å²) in [6, 6.07) is 0. The molecule has 3 nitrogen and oxygen atoms in total. The van der Waals surface area contributed by atoms with Crippen LogP contribution in [0.5, 0.6) is 0 Å². The van der Waals surface area contributed by atoms with E-state index in [1.807, 2.05) is 0 Å². The van der Waals surface area contributed by atoms with E-state index in [1.54, 1.807) is 0 Å². The van der Waals surface area contributed by atoms with E-state index in [-0.39, 0.29) is 6.61 Å². The Morgan fingerprint density at radius 1 is 1.44 bits per heavy atom. The van der Waals surface area contributed by atoms with Gasteiger partial charge in [-0.15, -0.1) is 13.7 Å². The Kier molecular flexibility index (Phi) is 3.60. The van der Waals surface area contributed by atoms with Crippen LogP contribution in [-0.2, 0) is 14.5 Å². The van der Waals surface area contributed by atoms with Crippen molar-refractivity contribution in [2.24, 2.45) is 0 Å². The van der Waals surface area contributed by atoms with Gasteiger partial charge in [0, 0.05) is 7.11 Å². The molecule has 0 saturated carbocycles. The molecule has 0 spiro atoms. The number of methoxy groups -OCH3 is 1. The van der Waals surface area contributed by atoms with Crippen LogP contribution in [0.15, 0.2) is 0 Å². The first-order chi connectivity index (χ1) is 4.12. The maximum absolute atomic E-state index is 11.8. The van der Waals surface area contributed by atoms with E-state index in [4.69, 9.17) is 0 Å². The molecule has 0 aromatic carbocycles. The highest BCUT2D eigenvalue weighted by atomic mass is 19.3. The van der Waals surface area contributed by atoms with Gasteiger partial charge in [-0.3, -0.25) is 4.74 Å². The Morgan fingerprint density at radius 3 is 2.33 bits per heavy atom. The van der Waals surface area contributed by atoms with E-state index in [0.29, 0.717) is 0 Å². The lowest BCUT2D eigenvalue weighted by Gasteiger charge is -2.10. The largest absolute Gasteiger partial charge is 0.512 e. The van der Waals surface area contributed by atoms with Crippen LogP contribution in [0.1, 0.15) is 6.92 Å². The summed E-state index contributed by atoms with van der Waals surface area (Å²) in [5.74, 6) is 0. The van der Waals surface area contributed by atoms with Crippen molar-refractivity contribution in [3.8, 4) is 0 Å². The third kappa shape index (κ3) is 4.26. The molecule has 0 aromatic heterocycles. The van der Waals surface area contributed by atoms with Crippen LogP contribution in [0, 0.1) is 0 Å². The maximum Gasteiger partial charge on any atom is 0.512 e. The highest BCUT2D eigenvalue weighted by Crippen LogP contribution is 2.14. The van der Waals surface area contributed by atoms with E-state index in [0.717, 1.165) is 7.11 Å². The fraction of sp³-hybridized carbons (Fsp3) is 1.00. The van der Waals surface area contributed by atoms with Crippen molar-refractivity contribution in [2.45, 2.75) is 13.2 Å². The quantitative estimate of drug-likeness (QED) is 0.335. The maximum atomic E-state index is 11.8. The lowest BCUT2D eigenvalue weighted by atomic mass is 10.9. The molecule has 0 fully saturated rings. The van der Waals surface area contributed by atoms with Crippen molar-refractivity contribution < 1.29 is 23.3 Å². The number of hydrogen-bond donors (Lipinski definition) is 0. The van der Waals surface area contributed by atoms with Crippen LogP contribution in [0.3, 0.4) is 0 Å². The molecular weight excluding hydrogens is 134 g/mol. The Bertz CT molecular complexity index is 76.2. The van der Waals surface area contributed by atoms with Crippen LogP contribution in [0.4, 0.5) is 8.78 Å². The minimum Gasteiger partial charge on any atom is -0.297 e. The van der Waals surface area contributed by atoms with Crippen molar-refractivity contribution in [1.29, 1.82) is 0 Å². The Hall–Kier alpha value is -0.260. The van der Waals surface area contributed by atoms with Gasteiger partial charge >= 0.3 is 6.29 Å². The zero-order valence-corrected chi connectivity index (χ0v) is 5.19. The summed E-state index contributed by atoms with van der Waals surface area (Å²) in [6.45, 7) is 1.57. The average molecular weight is 142 g/mol. The summed E-state index contributed by atoms with van der Waals surface area (Å²) < 4.78 is 27.1. The molecular formula is C4H8F2O3. The number of alkyl halides is 2. The second-order valence-corrected chi connectivity index (χ2v) is 1.16. The SMILES string of the molecule is CCOOC(F)(F)OC. The molecule has 0 radical (unpaired) electrons. The summed E-state index contributed by atoms with van der Waals surface area (Å²) in [4.78, 5) is 7.39. The van der Waals surface area contributed by atoms with Gasteiger partial charge in [0.05, 0.1) is 6.61 Å². The van der Waals surface area contributed by atoms with E-state index < -0.39 is 6.29 Å². The fourth-order valence-electron chi connectivity index (χ4n) is 0.162. The first-order valence-corrected chi connectivity index (χ1v) is 2.36. The molecule has 9 heavy (non-hydrogen) atoms. The summed E-state index contributed by atoms with van der Waals surface area (Å²) in [6.07, 6.45) is -3.63. The zero-order valence-electron chi connectivity index (χ0n) is 5.19. The monoisotopic (exact) mass is 142 g/mol. The van der Waals surface area contributed by atoms with E-state index in [1.165, 1.54) is 6.92 Å². The number of halogens is 2. The summed E-state index contributed by atoms with van der Waals surface area (Å²) >= 11 is 0. The molecule has 0 amide bonds. The molecule has 0 rings (SSSR count). The molecule has 0 atom stereocenters. The second-order valence-electron chi connectivity index (χ2n) is 1.16. The molecule has 0 saturated heterocycles. The van der Waals surface area contributed by atoms with Gasteiger partial charge in [-0.2, -0.15) is 0 Å². The van der Waals surface area contributed by atoms with Crippen molar-refractivity contribution >= 4 is 0 Å². The minimum atomic E-state index is -3.63. The standard InChI is InChI=1S/C4H8F2O3/c1-3-8-9-4(5,6)7-2/h3H2,1-2H3. The molecule has 0 aliphatic heterocycles. The van der Waals surface area contributed by atoms with Crippen molar-refractivity contribution in [2.75, 3.05) is 13.7 Å². The molecule has 0 unspecified atom stereocenters. The number of hydrogen-bond acceptors (Lipinski definition) is 3. The summed E-state index contributed by atoms with van der Waals surface area (Å²) in [7, 11) is 0.818. The van der Waals surface area contributed by atoms with Crippen LogP contribution >= 0.6 is 0 Å². The Balaban J connectivity index is 3.33. The summed E-state index contributed by atoms with van der Waals surface area (Å²) in [5, 5.41) is 0. The lowest BCUT2D eigenvalue weighted by molar-refractivity contribution is -0.514. The smallest absolute Gasteiger partial charge is 0.297 e. The zero-order chi connectivity index (χ0) is 7.33.